The molecule has 6 rings (SSSR count). The van der Waals surface area contributed by atoms with Gasteiger partial charge in [-0.1, -0.05) is 34.4 Å². The molecule has 2 N–H and O–H groups in total. The maximum Gasteiger partial charge on any atom is 0.344 e. The summed E-state index contributed by atoms with van der Waals surface area (Å²) < 4.78 is 12.1. The van der Waals surface area contributed by atoms with E-state index in [1.54, 1.807) is 12.1 Å². The first-order valence-electron chi connectivity index (χ1n) is 12.7. The van der Waals surface area contributed by atoms with Gasteiger partial charge in [0.1, 0.15) is 11.5 Å². The van der Waals surface area contributed by atoms with Gasteiger partial charge in [-0.25, -0.2) is 10.2 Å². The zero-order chi connectivity index (χ0) is 26.2. The number of hydrogen-bond donors (Lipinski definition) is 2. The van der Waals surface area contributed by atoms with Gasteiger partial charge in [-0.3, -0.25) is 4.90 Å². The summed E-state index contributed by atoms with van der Waals surface area (Å²) in [5, 5.41) is 19.1. The molecule has 3 heterocycles. The molecule has 3 aliphatic rings. The van der Waals surface area contributed by atoms with Gasteiger partial charge >= 0.3 is 6.03 Å². The van der Waals surface area contributed by atoms with E-state index in [1.165, 1.54) is 11.1 Å². The largest absolute Gasteiger partial charge is 0.373 e. The van der Waals surface area contributed by atoms with Crippen LogP contribution in [-0.2, 0) is 11.3 Å². The monoisotopic (exact) mass is 555 g/mol. The Morgan fingerprint density at radius 3 is 2.37 bits per heavy atom. The van der Waals surface area contributed by atoms with Crippen molar-refractivity contribution in [3.63, 3.8) is 0 Å². The van der Waals surface area contributed by atoms with Crippen LogP contribution in [0.25, 0.3) is 11.3 Å². The molecule has 2 aliphatic heterocycles. The number of rotatable bonds is 7. The second-order valence-electron chi connectivity index (χ2n) is 9.74. The van der Waals surface area contributed by atoms with Crippen molar-refractivity contribution in [2.45, 2.75) is 50.5 Å². The minimum atomic E-state index is -1.09. The quantitative estimate of drug-likeness (QED) is 0.396. The fourth-order valence-corrected chi connectivity index (χ4v) is 5.60. The molecule has 0 spiro atoms. The Bertz CT molecular complexity index is 1330. The lowest BCUT2D eigenvalue weighted by Gasteiger charge is -2.34. The zero-order valence-corrected chi connectivity index (χ0v) is 22.0. The Balaban J connectivity index is 1.09. The highest BCUT2D eigenvalue weighted by Gasteiger charge is 2.34. The molecular formula is C27H27Cl2N5O4. The minimum absolute atomic E-state index is 0.105. The maximum atomic E-state index is 12.1. The summed E-state index contributed by atoms with van der Waals surface area (Å²) >= 11 is 13.0. The molecule has 2 amide bonds. The highest BCUT2D eigenvalue weighted by atomic mass is 35.5. The third-order valence-electron chi connectivity index (χ3n) is 7.22. The fraction of sp³-hybridized carbons (Fsp3) is 0.370. The van der Waals surface area contributed by atoms with Crippen LogP contribution in [-0.4, -0.2) is 47.9 Å². The van der Waals surface area contributed by atoms with Crippen molar-refractivity contribution in [1.29, 1.82) is 0 Å². The fourth-order valence-electron chi connectivity index (χ4n) is 5.02. The van der Waals surface area contributed by atoms with Gasteiger partial charge < -0.3 is 19.3 Å². The number of nitrogens with one attached hydrogen (secondary N) is 1. The number of carbonyl (C=O) groups is 1. The number of piperidine rings is 1. The standard InChI is InChI=1S/C27H27Cl2N5O4/c28-21-2-1-3-22(29)24(21)25-20(26(38-32-25)16-4-5-16)15-37-19-10-12-33(13-11-19)17-6-8-18(9-7-17)34-23(35)14-30-31-27(34)36/h1-3,6-9,14,16,19,23,35H,4-5,10-13,15H2,(H,31,36). The van der Waals surface area contributed by atoms with Crippen LogP contribution >= 0.6 is 23.2 Å². The number of ether oxygens (including phenoxy) is 1. The summed E-state index contributed by atoms with van der Waals surface area (Å²) in [7, 11) is 0. The highest BCUT2D eigenvalue weighted by Crippen LogP contribution is 2.46. The molecule has 11 heteroatoms. The van der Waals surface area contributed by atoms with Gasteiger partial charge in [0.25, 0.3) is 0 Å². The van der Waals surface area contributed by atoms with Gasteiger partial charge in [0.2, 0.25) is 0 Å². The van der Waals surface area contributed by atoms with Crippen LogP contribution in [0.1, 0.15) is 42.9 Å². The molecule has 2 aromatic carbocycles. The number of aromatic nitrogens is 1. The number of anilines is 2. The van der Waals surface area contributed by atoms with Gasteiger partial charge in [-0.2, -0.15) is 5.10 Å². The van der Waals surface area contributed by atoms with E-state index in [2.05, 4.69) is 20.6 Å². The predicted octanol–water partition coefficient (Wildman–Crippen LogP) is 5.55. The molecule has 1 atom stereocenters. The molecule has 198 valence electrons. The van der Waals surface area contributed by atoms with Crippen LogP contribution in [0.4, 0.5) is 16.2 Å². The first kappa shape index (κ1) is 25.2. The molecule has 3 aromatic rings. The summed E-state index contributed by atoms with van der Waals surface area (Å²) in [6, 6.07) is 12.5. The van der Waals surface area contributed by atoms with E-state index in [9.17, 15) is 9.90 Å². The number of carbonyl (C=O) groups excluding carboxylic acids is 1. The van der Waals surface area contributed by atoms with Crippen LogP contribution in [0.5, 0.6) is 0 Å². The number of aliphatic hydroxyl groups is 1. The summed E-state index contributed by atoms with van der Waals surface area (Å²) in [5.74, 6) is 1.26. The van der Waals surface area contributed by atoms with Crippen molar-refractivity contribution in [3.8, 4) is 11.3 Å². The van der Waals surface area contributed by atoms with E-state index >= 15 is 0 Å². The number of hydrogen-bond acceptors (Lipinski definition) is 7. The summed E-state index contributed by atoms with van der Waals surface area (Å²) in [5.41, 5.74) is 6.29. The van der Waals surface area contributed by atoms with Gasteiger partial charge in [-0.05, 0) is 62.1 Å². The lowest BCUT2D eigenvalue weighted by Crippen LogP contribution is -2.49. The van der Waals surface area contributed by atoms with E-state index in [4.69, 9.17) is 32.5 Å². The number of benzene rings is 2. The Labute approximate surface area is 229 Å². The van der Waals surface area contributed by atoms with Crippen molar-refractivity contribution >= 4 is 46.8 Å². The second-order valence-corrected chi connectivity index (χ2v) is 10.6. The van der Waals surface area contributed by atoms with Crippen LogP contribution in [0, 0.1) is 0 Å². The topological polar surface area (TPSA) is 103 Å². The second kappa shape index (κ2) is 10.6. The van der Waals surface area contributed by atoms with Crippen molar-refractivity contribution in [2.24, 2.45) is 5.10 Å². The van der Waals surface area contributed by atoms with Crippen LogP contribution in [0.15, 0.2) is 52.1 Å². The number of halogens is 2. The Kier molecular flexibility index (Phi) is 7.01. The third-order valence-corrected chi connectivity index (χ3v) is 7.85. The van der Waals surface area contributed by atoms with Gasteiger partial charge in [0.05, 0.1) is 29.0 Å². The third kappa shape index (κ3) is 4.99. The molecule has 2 fully saturated rings. The number of urea groups is 1. The summed E-state index contributed by atoms with van der Waals surface area (Å²) in [4.78, 5) is 15.6. The number of hydrazone groups is 1. The van der Waals surface area contributed by atoms with Gasteiger partial charge in [0.15, 0.2) is 6.23 Å². The molecule has 1 saturated heterocycles. The summed E-state index contributed by atoms with van der Waals surface area (Å²) in [6.07, 6.45) is 4.21. The van der Waals surface area contributed by atoms with Crippen molar-refractivity contribution < 1.29 is 19.2 Å². The van der Waals surface area contributed by atoms with E-state index in [-0.39, 0.29) is 6.10 Å². The molecule has 1 saturated carbocycles. The molecule has 9 nitrogen and oxygen atoms in total. The number of nitrogens with zero attached hydrogens (tertiary/aromatic N) is 4. The SMILES string of the molecule is O=C1NN=CC(O)N1c1ccc(N2CCC(OCc3c(-c4c(Cl)cccc4Cl)noc3C3CC3)CC2)cc1. The first-order chi connectivity index (χ1) is 18.5. The highest BCUT2D eigenvalue weighted by molar-refractivity contribution is 6.39. The van der Waals surface area contributed by atoms with Crippen molar-refractivity contribution in [3.05, 3.63) is 63.8 Å². The van der Waals surface area contributed by atoms with Crippen molar-refractivity contribution in [2.75, 3.05) is 22.9 Å². The Morgan fingerprint density at radius 2 is 1.71 bits per heavy atom. The van der Waals surface area contributed by atoms with E-state index in [0.29, 0.717) is 39.5 Å². The van der Waals surface area contributed by atoms with Gasteiger partial charge in [-0.15, -0.1) is 0 Å². The predicted molar refractivity (Wildman–Crippen MR) is 146 cm³/mol. The normalized spacial score (nSPS) is 20.2. The molecule has 1 aromatic heterocycles. The zero-order valence-electron chi connectivity index (χ0n) is 20.5. The first-order valence-corrected chi connectivity index (χ1v) is 13.4. The molecule has 38 heavy (non-hydrogen) atoms. The van der Waals surface area contributed by atoms with Crippen molar-refractivity contribution in [1.82, 2.24) is 10.6 Å². The minimum Gasteiger partial charge on any atom is -0.373 e. The van der Waals surface area contributed by atoms with Gasteiger partial charge in [0, 0.05) is 41.5 Å². The van der Waals surface area contributed by atoms with Crippen LogP contribution < -0.4 is 15.2 Å². The number of aliphatic hydroxyl groups excluding tert-OH is 1. The molecule has 1 unspecified atom stereocenters. The van der Waals surface area contributed by atoms with Crippen LogP contribution in [0.2, 0.25) is 10.0 Å². The maximum absolute atomic E-state index is 12.1. The summed E-state index contributed by atoms with van der Waals surface area (Å²) in [6.45, 7) is 2.08. The molecule has 0 bridgehead atoms. The molecule has 1 aliphatic carbocycles. The lowest BCUT2D eigenvalue weighted by atomic mass is 10.0. The lowest BCUT2D eigenvalue weighted by molar-refractivity contribution is 0.0246. The Morgan fingerprint density at radius 1 is 1.03 bits per heavy atom. The number of amides is 2. The Hall–Kier alpha value is -3.11. The average Bonchev–Trinajstić information content (AvgIpc) is 3.68. The average molecular weight is 556 g/mol. The smallest absolute Gasteiger partial charge is 0.344 e. The van der Waals surface area contributed by atoms with E-state index < -0.39 is 12.3 Å². The van der Waals surface area contributed by atoms with Crippen LogP contribution in [0.3, 0.4) is 0 Å². The molecule has 0 radical (unpaired) electrons. The van der Waals surface area contributed by atoms with E-state index in [0.717, 1.165) is 55.8 Å². The van der Waals surface area contributed by atoms with E-state index in [1.807, 2.05) is 30.3 Å². The molecular weight excluding hydrogens is 529 g/mol.